The van der Waals surface area contributed by atoms with Crippen molar-refractivity contribution in [2.24, 2.45) is 0 Å². The monoisotopic (exact) mass is 307 g/mol. The van der Waals surface area contributed by atoms with Gasteiger partial charge in [0.25, 0.3) is 0 Å². The van der Waals surface area contributed by atoms with Crippen molar-refractivity contribution in [2.75, 3.05) is 0 Å². The molecule has 1 saturated heterocycles. The molecule has 120 valence electrons. The SMILES string of the molecule is CCn1cnnc1C1CC(=C(F)B2OC(C)(C)C(C)(C)O2)C1. The van der Waals surface area contributed by atoms with Gasteiger partial charge in [0, 0.05) is 12.5 Å². The van der Waals surface area contributed by atoms with E-state index in [9.17, 15) is 4.39 Å². The van der Waals surface area contributed by atoms with E-state index in [1.807, 2.05) is 39.2 Å². The fourth-order valence-electron chi connectivity index (χ4n) is 2.85. The minimum atomic E-state index is -0.884. The maximum Gasteiger partial charge on any atom is 0.525 e. The van der Waals surface area contributed by atoms with Gasteiger partial charge in [-0.25, -0.2) is 4.39 Å². The number of hydrogen-bond donors (Lipinski definition) is 0. The van der Waals surface area contributed by atoms with Gasteiger partial charge < -0.3 is 13.9 Å². The Balaban J connectivity index is 1.70. The first-order valence-corrected chi connectivity index (χ1v) is 7.86. The molecule has 0 amide bonds. The molecule has 2 heterocycles. The lowest BCUT2D eigenvalue weighted by atomic mass is 9.72. The zero-order valence-electron chi connectivity index (χ0n) is 13.9. The van der Waals surface area contributed by atoms with Crippen LogP contribution < -0.4 is 0 Å². The summed E-state index contributed by atoms with van der Waals surface area (Å²) in [6, 6.07) is 0. The van der Waals surface area contributed by atoms with Gasteiger partial charge in [-0.3, -0.25) is 0 Å². The Kier molecular flexibility index (Phi) is 3.68. The fourth-order valence-corrected chi connectivity index (χ4v) is 2.85. The van der Waals surface area contributed by atoms with E-state index >= 15 is 0 Å². The van der Waals surface area contributed by atoms with E-state index < -0.39 is 18.3 Å². The summed E-state index contributed by atoms with van der Waals surface area (Å²) in [4.78, 5) is 0. The van der Waals surface area contributed by atoms with Gasteiger partial charge >= 0.3 is 7.12 Å². The number of aryl methyl sites for hydroxylation is 1. The van der Waals surface area contributed by atoms with Gasteiger partial charge in [-0.15, -0.1) is 10.2 Å². The molecule has 0 N–H and O–H groups in total. The Hall–Kier alpha value is -1.21. The van der Waals surface area contributed by atoms with Crippen LogP contribution >= 0.6 is 0 Å². The van der Waals surface area contributed by atoms with E-state index in [4.69, 9.17) is 9.31 Å². The minimum Gasteiger partial charge on any atom is -0.398 e. The van der Waals surface area contributed by atoms with Gasteiger partial charge in [0.05, 0.1) is 11.2 Å². The van der Waals surface area contributed by atoms with Gasteiger partial charge in [0.2, 0.25) is 0 Å². The Morgan fingerprint density at radius 3 is 2.45 bits per heavy atom. The molecule has 7 heteroatoms. The molecule has 2 aliphatic rings. The van der Waals surface area contributed by atoms with Crippen LogP contribution in [-0.4, -0.2) is 33.1 Å². The summed E-state index contributed by atoms with van der Waals surface area (Å²) >= 11 is 0. The summed E-state index contributed by atoms with van der Waals surface area (Å²) in [5.41, 5.74) is -0.519. The average Bonchev–Trinajstić information content (AvgIpc) is 2.90. The third-order valence-corrected chi connectivity index (χ3v) is 5.13. The Labute approximate surface area is 131 Å². The molecule has 0 bridgehead atoms. The standard InChI is InChI=1S/C15H23BFN3O2/c1-6-20-9-18-19-13(20)11-7-10(8-11)12(17)16-21-14(2,3)15(4,5)22-16/h9,11H,6-8H2,1-5H3. The molecule has 3 rings (SSSR count). The molecular weight excluding hydrogens is 284 g/mol. The van der Waals surface area contributed by atoms with E-state index in [0.29, 0.717) is 12.8 Å². The van der Waals surface area contributed by atoms with E-state index in [1.54, 1.807) is 6.33 Å². The van der Waals surface area contributed by atoms with Crippen molar-refractivity contribution < 1.29 is 13.7 Å². The van der Waals surface area contributed by atoms with Crippen molar-refractivity contribution in [3.05, 3.63) is 23.5 Å². The van der Waals surface area contributed by atoms with Gasteiger partial charge in [0.1, 0.15) is 17.9 Å². The van der Waals surface area contributed by atoms with Crippen molar-refractivity contribution in [1.82, 2.24) is 14.8 Å². The van der Waals surface area contributed by atoms with Crippen molar-refractivity contribution in [3.63, 3.8) is 0 Å². The highest BCUT2D eigenvalue weighted by Gasteiger charge is 2.54. The second-order valence-corrected chi connectivity index (χ2v) is 7.12. The lowest BCUT2D eigenvalue weighted by Gasteiger charge is -2.32. The van der Waals surface area contributed by atoms with E-state index in [1.165, 1.54) is 0 Å². The molecule has 0 unspecified atom stereocenters. The molecule has 2 fully saturated rings. The lowest BCUT2D eigenvalue weighted by Crippen LogP contribution is -2.41. The van der Waals surface area contributed by atoms with Crippen LogP contribution in [0.3, 0.4) is 0 Å². The number of halogens is 1. The highest BCUT2D eigenvalue weighted by Crippen LogP contribution is 2.45. The number of hydrogen-bond acceptors (Lipinski definition) is 4. The Morgan fingerprint density at radius 2 is 1.91 bits per heavy atom. The lowest BCUT2D eigenvalue weighted by molar-refractivity contribution is 0.00578. The molecule has 1 aromatic heterocycles. The van der Waals surface area contributed by atoms with Gasteiger partial charge in [0.15, 0.2) is 0 Å². The predicted molar refractivity (Wildman–Crippen MR) is 81.9 cm³/mol. The first-order chi connectivity index (χ1) is 10.2. The minimum absolute atomic E-state index is 0.241. The smallest absolute Gasteiger partial charge is 0.398 e. The third-order valence-electron chi connectivity index (χ3n) is 5.13. The molecule has 0 radical (unpaired) electrons. The summed E-state index contributed by atoms with van der Waals surface area (Å²) in [5.74, 6) is 1.18. The largest absolute Gasteiger partial charge is 0.525 e. The molecule has 1 aliphatic carbocycles. The van der Waals surface area contributed by atoms with Crippen LogP contribution in [0.4, 0.5) is 4.39 Å². The van der Waals surface area contributed by atoms with Crippen molar-refractivity contribution >= 4 is 7.12 Å². The van der Waals surface area contributed by atoms with Crippen molar-refractivity contribution in [1.29, 1.82) is 0 Å². The van der Waals surface area contributed by atoms with Gasteiger partial charge in [-0.2, -0.15) is 0 Å². The highest BCUT2D eigenvalue weighted by atomic mass is 19.1. The maximum absolute atomic E-state index is 14.6. The van der Waals surface area contributed by atoms with Gasteiger partial charge in [-0.1, -0.05) is 0 Å². The molecule has 1 aromatic rings. The van der Waals surface area contributed by atoms with Crippen LogP contribution in [0.25, 0.3) is 0 Å². The van der Waals surface area contributed by atoms with Crippen LogP contribution in [0.5, 0.6) is 0 Å². The zero-order valence-corrected chi connectivity index (χ0v) is 13.9. The first-order valence-electron chi connectivity index (χ1n) is 7.86. The number of rotatable bonds is 3. The molecule has 5 nitrogen and oxygen atoms in total. The number of allylic oxidation sites excluding steroid dienone is 1. The Morgan fingerprint density at radius 1 is 1.32 bits per heavy atom. The van der Waals surface area contributed by atoms with Crippen molar-refractivity contribution in [2.45, 2.75) is 71.1 Å². The molecule has 0 spiro atoms. The van der Waals surface area contributed by atoms with Crippen molar-refractivity contribution in [3.8, 4) is 0 Å². The normalized spacial score (nSPS) is 26.2. The van der Waals surface area contributed by atoms with Crippen LogP contribution in [0.2, 0.25) is 0 Å². The summed E-state index contributed by atoms with van der Waals surface area (Å²) in [5, 5.41) is 8.09. The second-order valence-electron chi connectivity index (χ2n) is 7.12. The Bertz CT molecular complexity index is 588. The van der Waals surface area contributed by atoms with Crippen LogP contribution in [0.15, 0.2) is 17.6 Å². The molecule has 1 saturated carbocycles. The maximum atomic E-state index is 14.6. The summed E-state index contributed by atoms with van der Waals surface area (Å²) in [7, 11) is -0.884. The average molecular weight is 307 g/mol. The summed E-state index contributed by atoms with van der Waals surface area (Å²) in [6.07, 6.45) is 3.05. The van der Waals surface area contributed by atoms with Crippen LogP contribution in [0, 0.1) is 0 Å². The molecular formula is C15H23BFN3O2. The summed E-state index contributed by atoms with van der Waals surface area (Å²) < 4.78 is 28.2. The van der Waals surface area contributed by atoms with E-state index in [2.05, 4.69) is 10.2 Å². The predicted octanol–water partition coefficient (Wildman–Crippen LogP) is 3.03. The third kappa shape index (κ3) is 2.40. The molecule has 0 atom stereocenters. The quantitative estimate of drug-likeness (QED) is 0.805. The topological polar surface area (TPSA) is 49.2 Å². The van der Waals surface area contributed by atoms with Crippen LogP contribution in [-0.2, 0) is 15.9 Å². The first kappa shape index (κ1) is 15.7. The van der Waals surface area contributed by atoms with Crippen LogP contribution in [0.1, 0.15) is 59.2 Å². The van der Waals surface area contributed by atoms with E-state index in [0.717, 1.165) is 17.9 Å². The van der Waals surface area contributed by atoms with Gasteiger partial charge in [-0.05, 0) is 53.0 Å². The molecule has 0 aromatic carbocycles. The number of nitrogens with zero attached hydrogens (tertiary/aromatic N) is 3. The molecule has 1 aliphatic heterocycles. The van der Waals surface area contributed by atoms with E-state index in [-0.39, 0.29) is 11.6 Å². The number of aromatic nitrogens is 3. The zero-order chi connectivity index (χ0) is 16.1. The summed E-state index contributed by atoms with van der Waals surface area (Å²) in [6.45, 7) is 10.6. The second kappa shape index (κ2) is 5.16. The highest BCUT2D eigenvalue weighted by molar-refractivity contribution is 6.53. The fraction of sp³-hybridized carbons (Fsp3) is 0.733. The molecule has 22 heavy (non-hydrogen) atoms.